The zero-order valence-corrected chi connectivity index (χ0v) is 10.0. The number of nitrogens with zero attached hydrogens (tertiary/aromatic N) is 1. The van der Waals surface area contributed by atoms with E-state index in [2.05, 4.69) is 43.3 Å². The van der Waals surface area contributed by atoms with Gasteiger partial charge in [-0.1, -0.05) is 19.9 Å². The van der Waals surface area contributed by atoms with Crippen molar-refractivity contribution >= 4 is 5.82 Å². The fourth-order valence-corrected chi connectivity index (χ4v) is 1.26. The molecule has 1 aromatic rings. The first-order chi connectivity index (χ1) is 7.08. The summed E-state index contributed by atoms with van der Waals surface area (Å²) in [5.74, 6) is 0.952. The molecule has 1 rings (SSSR count). The fraction of sp³-hybridized carbons (Fsp3) is 0.583. The zero-order chi connectivity index (χ0) is 11.3. The predicted octanol–water partition coefficient (Wildman–Crippen LogP) is 2.40. The highest BCUT2D eigenvalue weighted by Gasteiger charge is 1.99. The van der Waals surface area contributed by atoms with Crippen LogP contribution in [0.3, 0.4) is 0 Å². The lowest BCUT2D eigenvalue weighted by atomic mass is 10.3. The minimum atomic E-state index is 0.422. The van der Waals surface area contributed by atoms with Crippen LogP contribution in [0.25, 0.3) is 0 Å². The average Bonchev–Trinajstić information content (AvgIpc) is 2.14. The van der Waals surface area contributed by atoms with Crippen LogP contribution < -0.4 is 10.6 Å². The fourth-order valence-electron chi connectivity index (χ4n) is 1.26. The summed E-state index contributed by atoms with van der Waals surface area (Å²) in [6.45, 7) is 9.32. The van der Waals surface area contributed by atoms with Gasteiger partial charge in [0, 0.05) is 18.6 Å². The molecule has 0 fully saturated rings. The third kappa shape index (κ3) is 4.79. The van der Waals surface area contributed by atoms with Gasteiger partial charge < -0.3 is 10.6 Å². The number of hydrogen-bond donors (Lipinski definition) is 2. The molecule has 3 heteroatoms. The van der Waals surface area contributed by atoms with Crippen molar-refractivity contribution in [3.63, 3.8) is 0 Å². The maximum atomic E-state index is 4.51. The van der Waals surface area contributed by atoms with Gasteiger partial charge in [-0.3, -0.25) is 0 Å². The monoisotopic (exact) mass is 207 g/mol. The minimum absolute atomic E-state index is 0.422. The molecule has 0 saturated carbocycles. The van der Waals surface area contributed by atoms with Crippen molar-refractivity contribution in [2.45, 2.75) is 46.3 Å². The Morgan fingerprint density at radius 2 is 1.87 bits per heavy atom. The van der Waals surface area contributed by atoms with E-state index in [1.54, 1.807) is 0 Å². The maximum absolute atomic E-state index is 4.51. The molecule has 0 amide bonds. The summed E-state index contributed by atoms with van der Waals surface area (Å²) in [7, 11) is 0. The molecule has 0 bridgehead atoms. The van der Waals surface area contributed by atoms with E-state index in [0.717, 1.165) is 18.1 Å². The van der Waals surface area contributed by atoms with Gasteiger partial charge in [0.2, 0.25) is 0 Å². The van der Waals surface area contributed by atoms with E-state index in [0.29, 0.717) is 12.1 Å². The Kier molecular flexibility index (Phi) is 4.56. The molecule has 2 N–H and O–H groups in total. The second kappa shape index (κ2) is 5.71. The van der Waals surface area contributed by atoms with Crippen molar-refractivity contribution < 1.29 is 0 Å². The molecule has 0 aliphatic heterocycles. The Balaban J connectivity index is 2.57. The first kappa shape index (κ1) is 12.0. The molecule has 0 saturated heterocycles. The number of aromatic nitrogens is 1. The van der Waals surface area contributed by atoms with Crippen molar-refractivity contribution in [3.05, 3.63) is 23.9 Å². The van der Waals surface area contributed by atoms with Crippen LogP contribution in [0.4, 0.5) is 5.82 Å². The van der Waals surface area contributed by atoms with Crippen LogP contribution in [0.15, 0.2) is 18.2 Å². The summed E-state index contributed by atoms with van der Waals surface area (Å²) >= 11 is 0. The first-order valence-electron chi connectivity index (χ1n) is 5.54. The van der Waals surface area contributed by atoms with Crippen LogP contribution in [0, 0.1) is 0 Å². The van der Waals surface area contributed by atoms with E-state index in [-0.39, 0.29) is 0 Å². The van der Waals surface area contributed by atoms with Crippen molar-refractivity contribution in [1.82, 2.24) is 10.3 Å². The molecule has 0 aromatic carbocycles. The zero-order valence-electron chi connectivity index (χ0n) is 10.0. The summed E-state index contributed by atoms with van der Waals surface area (Å²) in [6.07, 6.45) is 0. The third-order valence-corrected chi connectivity index (χ3v) is 1.93. The van der Waals surface area contributed by atoms with E-state index >= 15 is 0 Å². The van der Waals surface area contributed by atoms with Gasteiger partial charge in [-0.2, -0.15) is 0 Å². The van der Waals surface area contributed by atoms with Gasteiger partial charge in [-0.15, -0.1) is 0 Å². The second-order valence-electron chi connectivity index (χ2n) is 4.35. The lowest BCUT2D eigenvalue weighted by Crippen LogP contribution is -2.22. The number of pyridine rings is 1. The van der Waals surface area contributed by atoms with Crippen LogP contribution in [-0.4, -0.2) is 17.1 Å². The third-order valence-electron chi connectivity index (χ3n) is 1.93. The Hall–Kier alpha value is -1.09. The van der Waals surface area contributed by atoms with E-state index in [1.807, 2.05) is 18.2 Å². The smallest absolute Gasteiger partial charge is 0.126 e. The van der Waals surface area contributed by atoms with Crippen LogP contribution in [0.5, 0.6) is 0 Å². The van der Waals surface area contributed by atoms with Crippen molar-refractivity contribution in [2.24, 2.45) is 0 Å². The van der Waals surface area contributed by atoms with Gasteiger partial charge in [-0.25, -0.2) is 4.98 Å². The topological polar surface area (TPSA) is 37.0 Å². The quantitative estimate of drug-likeness (QED) is 0.778. The summed E-state index contributed by atoms with van der Waals surface area (Å²) in [5.41, 5.74) is 1.08. The molecule has 0 atom stereocenters. The average molecular weight is 207 g/mol. The molecule has 3 nitrogen and oxygen atoms in total. The Morgan fingerprint density at radius 1 is 1.13 bits per heavy atom. The van der Waals surface area contributed by atoms with Gasteiger partial charge in [-0.05, 0) is 26.0 Å². The summed E-state index contributed by atoms with van der Waals surface area (Å²) < 4.78 is 0. The summed E-state index contributed by atoms with van der Waals surface area (Å²) in [6, 6.07) is 6.99. The van der Waals surface area contributed by atoms with Gasteiger partial charge >= 0.3 is 0 Å². The number of rotatable bonds is 5. The van der Waals surface area contributed by atoms with Crippen molar-refractivity contribution in [3.8, 4) is 0 Å². The number of nitrogens with one attached hydrogen (secondary N) is 2. The second-order valence-corrected chi connectivity index (χ2v) is 4.35. The first-order valence-corrected chi connectivity index (χ1v) is 5.54. The van der Waals surface area contributed by atoms with Crippen molar-refractivity contribution in [1.29, 1.82) is 0 Å². The molecule has 0 aliphatic rings. The predicted molar refractivity (Wildman–Crippen MR) is 65.0 cm³/mol. The van der Waals surface area contributed by atoms with Crippen LogP contribution in [0.1, 0.15) is 33.4 Å². The SMILES string of the molecule is CC(C)NCc1cccc(NC(C)C)n1. The Morgan fingerprint density at radius 3 is 2.47 bits per heavy atom. The maximum Gasteiger partial charge on any atom is 0.126 e. The Labute approximate surface area is 92.3 Å². The molecular weight excluding hydrogens is 186 g/mol. The standard InChI is InChI=1S/C12H21N3/c1-9(2)13-8-11-6-5-7-12(15-11)14-10(3)4/h5-7,9-10,13H,8H2,1-4H3,(H,14,15). The number of anilines is 1. The number of hydrogen-bond acceptors (Lipinski definition) is 3. The molecule has 0 radical (unpaired) electrons. The van der Waals surface area contributed by atoms with E-state index in [9.17, 15) is 0 Å². The molecule has 15 heavy (non-hydrogen) atoms. The van der Waals surface area contributed by atoms with E-state index in [1.165, 1.54) is 0 Å². The largest absolute Gasteiger partial charge is 0.368 e. The summed E-state index contributed by atoms with van der Waals surface area (Å²) in [5, 5.41) is 6.65. The molecule has 0 aliphatic carbocycles. The van der Waals surface area contributed by atoms with E-state index < -0.39 is 0 Å². The van der Waals surface area contributed by atoms with Gasteiger partial charge in [0.05, 0.1) is 5.69 Å². The highest BCUT2D eigenvalue weighted by Crippen LogP contribution is 2.06. The van der Waals surface area contributed by atoms with Crippen LogP contribution in [0.2, 0.25) is 0 Å². The molecule has 84 valence electrons. The normalized spacial score (nSPS) is 11.1. The molecule has 1 heterocycles. The van der Waals surface area contributed by atoms with Crippen LogP contribution in [-0.2, 0) is 6.54 Å². The lowest BCUT2D eigenvalue weighted by Gasteiger charge is -2.11. The molecule has 1 aromatic heterocycles. The van der Waals surface area contributed by atoms with Crippen LogP contribution >= 0.6 is 0 Å². The van der Waals surface area contributed by atoms with Crippen molar-refractivity contribution in [2.75, 3.05) is 5.32 Å². The summed E-state index contributed by atoms with van der Waals surface area (Å²) in [4.78, 5) is 4.51. The highest BCUT2D eigenvalue weighted by atomic mass is 15.0. The molecular formula is C12H21N3. The van der Waals surface area contributed by atoms with Gasteiger partial charge in [0.15, 0.2) is 0 Å². The lowest BCUT2D eigenvalue weighted by molar-refractivity contribution is 0.581. The van der Waals surface area contributed by atoms with Gasteiger partial charge in [0.1, 0.15) is 5.82 Å². The van der Waals surface area contributed by atoms with E-state index in [4.69, 9.17) is 0 Å². The molecule has 0 spiro atoms. The Bertz CT molecular complexity index is 295. The highest BCUT2D eigenvalue weighted by molar-refractivity contribution is 5.35. The molecule has 0 unspecified atom stereocenters. The minimum Gasteiger partial charge on any atom is -0.368 e. The van der Waals surface area contributed by atoms with Gasteiger partial charge in [0.25, 0.3) is 0 Å².